The topological polar surface area (TPSA) is 107 Å². The third-order valence-corrected chi connectivity index (χ3v) is 8.78. The number of hydrogen-bond donors (Lipinski definition) is 1. The average molecular weight is 502 g/mol. The van der Waals surface area contributed by atoms with E-state index < -0.39 is 32.8 Å². The molecule has 0 unspecified atom stereocenters. The molecule has 0 radical (unpaired) electrons. The van der Waals surface area contributed by atoms with Crippen LogP contribution in [0.25, 0.3) is 10.9 Å². The average Bonchev–Trinajstić information content (AvgIpc) is 2.86. The number of aromatic nitrogens is 2. The number of halogens is 1. The molecule has 1 heterocycles. The molecule has 0 saturated heterocycles. The lowest BCUT2D eigenvalue weighted by Gasteiger charge is -2.21. The zero-order valence-electron chi connectivity index (χ0n) is 19.3. The first-order chi connectivity index (χ1) is 16.8. The summed E-state index contributed by atoms with van der Waals surface area (Å²) in [6.45, 7) is -0.425. The SMILES string of the molecule is O=C(Cn1c(=O)n(CCCS(=O)(=O)C2CCCCC2)c(=O)c2ccccc21)Nc1ccc(F)cc1. The maximum Gasteiger partial charge on any atom is 0.331 e. The molecule has 0 bridgehead atoms. The third-order valence-electron chi connectivity index (χ3n) is 6.43. The summed E-state index contributed by atoms with van der Waals surface area (Å²) in [5, 5.41) is 2.52. The number of nitrogens with zero attached hydrogens (tertiary/aromatic N) is 2. The van der Waals surface area contributed by atoms with Gasteiger partial charge in [0.05, 0.1) is 21.9 Å². The summed E-state index contributed by atoms with van der Waals surface area (Å²) in [6.07, 6.45) is 4.31. The van der Waals surface area contributed by atoms with Crippen LogP contribution in [-0.4, -0.2) is 34.5 Å². The number of amides is 1. The predicted molar refractivity (Wildman–Crippen MR) is 133 cm³/mol. The second-order valence-corrected chi connectivity index (χ2v) is 11.3. The second-order valence-electron chi connectivity index (χ2n) is 8.88. The normalized spacial score (nSPS) is 14.8. The molecule has 0 atom stereocenters. The van der Waals surface area contributed by atoms with Gasteiger partial charge in [-0.3, -0.25) is 18.7 Å². The molecule has 10 heteroatoms. The molecule has 1 amide bonds. The summed E-state index contributed by atoms with van der Waals surface area (Å²) >= 11 is 0. The van der Waals surface area contributed by atoms with E-state index in [1.807, 2.05) is 0 Å². The van der Waals surface area contributed by atoms with Crippen molar-refractivity contribution in [3.05, 3.63) is 75.2 Å². The van der Waals surface area contributed by atoms with Crippen LogP contribution in [0.15, 0.2) is 58.1 Å². The van der Waals surface area contributed by atoms with Crippen molar-refractivity contribution in [1.29, 1.82) is 0 Å². The summed E-state index contributed by atoms with van der Waals surface area (Å²) < 4.78 is 40.8. The maximum atomic E-state index is 13.2. The van der Waals surface area contributed by atoms with Gasteiger partial charge in [-0.2, -0.15) is 0 Å². The summed E-state index contributed by atoms with van der Waals surface area (Å²) in [7, 11) is -3.30. The van der Waals surface area contributed by atoms with Crippen molar-refractivity contribution in [3.8, 4) is 0 Å². The zero-order chi connectivity index (χ0) is 25.0. The van der Waals surface area contributed by atoms with Crippen LogP contribution in [0.3, 0.4) is 0 Å². The molecule has 8 nitrogen and oxygen atoms in total. The molecule has 1 aliphatic carbocycles. The first kappa shape index (κ1) is 24.8. The van der Waals surface area contributed by atoms with Crippen molar-refractivity contribution in [3.63, 3.8) is 0 Å². The van der Waals surface area contributed by atoms with Crippen molar-refractivity contribution < 1.29 is 17.6 Å². The van der Waals surface area contributed by atoms with E-state index in [2.05, 4.69) is 5.32 Å². The number of anilines is 1. The molecule has 2 aromatic carbocycles. The summed E-state index contributed by atoms with van der Waals surface area (Å²) in [4.78, 5) is 38.9. The van der Waals surface area contributed by atoms with E-state index in [9.17, 15) is 27.2 Å². The van der Waals surface area contributed by atoms with E-state index >= 15 is 0 Å². The van der Waals surface area contributed by atoms with Crippen LogP contribution in [-0.2, 0) is 27.7 Å². The Labute approximate surface area is 202 Å². The van der Waals surface area contributed by atoms with Crippen LogP contribution in [0.5, 0.6) is 0 Å². The van der Waals surface area contributed by atoms with Crippen molar-refractivity contribution in [2.45, 2.75) is 56.9 Å². The molecule has 1 aromatic heterocycles. The number of nitrogens with one attached hydrogen (secondary N) is 1. The summed E-state index contributed by atoms with van der Waals surface area (Å²) in [5.74, 6) is -1.06. The highest BCUT2D eigenvalue weighted by Crippen LogP contribution is 2.24. The van der Waals surface area contributed by atoms with Gasteiger partial charge in [-0.05, 0) is 55.7 Å². The van der Waals surface area contributed by atoms with Crippen molar-refractivity contribution in [2.24, 2.45) is 0 Å². The van der Waals surface area contributed by atoms with Crippen LogP contribution in [0.1, 0.15) is 38.5 Å². The molecule has 1 aliphatic rings. The Hall–Kier alpha value is -3.27. The molecule has 1 fully saturated rings. The number of carbonyl (C=O) groups excluding carboxylic acids is 1. The van der Waals surface area contributed by atoms with E-state index in [0.717, 1.165) is 23.8 Å². The Bertz CT molecular complexity index is 1440. The zero-order valence-corrected chi connectivity index (χ0v) is 20.1. The van der Waals surface area contributed by atoms with E-state index in [1.165, 1.54) is 28.8 Å². The number of benzene rings is 2. The number of carbonyl (C=O) groups is 1. The molecule has 0 aliphatic heterocycles. The number of fused-ring (bicyclic) bond motifs is 1. The van der Waals surface area contributed by atoms with Gasteiger partial charge in [0.15, 0.2) is 9.84 Å². The lowest BCUT2D eigenvalue weighted by molar-refractivity contribution is -0.116. The maximum absolute atomic E-state index is 13.2. The Morgan fingerprint density at radius 1 is 0.971 bits per heavy atom. The molecule has 3 aromatic rings. The van der Waals surface area contributed by atoms with Crippen LogP contribution in [0.2, 0.25) is 0 Å². The standard InChI is InChI=1S/C25H28FN3O5S/c26-18-11-13-19(14-12-18)27-23(30)17-29-22-10-5-4-9-21(22)24(31)28(25(29)32)15-6-16-35(33,34)20-7-2-1-3-8-20/h4-5,9-14,20H,1-3,6-8,15-17H2,(H,27,30). The third kappa shape index (κ3) is 5.70. The minimum atomic E-state index is -3.30. The highest BCUT2D eigenvalue weighted by atomic mass is 32.2. The van der Waals surface area contributed by atoms with Crippen molar-refractivity contribution in [1.82, 2.24) is 9.13 Å². The van der Waals surface area contributed by atoms with Gasteiger partial charge in [0, 0.05) is 12.2 Å². The van der Waals surface area contributed by atoms with Crippen LogP contribution >= 0.6 is 0 Å². The van der Waals surface area contributed by atoms with Gasteiger partial charge in [-0.1, -0.05) is 31.4 Å². The second kappa shape index (κ2) is 10.6. The quantitative estimate of drug-likeness (QED) is 0.511. The van der Waals surface area contributed by atoms with Gasteiger partial charge >= 0.3 is 5.69 Å². The number of para-hydroxylation sites is 1. The van der Waals surface area contributed by atoms with Gasteiger partial charge in [0.1, 0.15) is 12.4 Å². The molecule has 1 saturated carbocycles. The van der Waals surface area contributed by atoms with Crippen LogP contribution in [0.4, 0.5) is 10.1 Å². The molecule has 0 spiro atoms. The lowest BCUT2D eigenvalue weighted by atomic mass is 10.0. The Kier molecular flexibility index (Phi) is 7.49. The van der Waals surface area contributed by atoms with E-state index in [4.69, 9.17) is 0 Å². The number of sulfone groups is 1. The smallest absolute Gasteiger partial charge is 0.325 e. The Morgan fingerprint density at radius 3 is 2.37 bits per heavy atom. The lowest BCUT2D eigenvalue weighted by Crippen LogP contribution is -2.42. The first-order valence-corrected chi connectivity index (χ1v) is 13.5. The van der Waals surface area contributed by atoms with Gasteiger partial charge in [-0.15, -0.1) is 0 Å². The largest absolute Gasteiger partial charge is 0.331 e. The van der Waals surface area contributed by atoms with E-state index in [-0.39, 0.29) is 35.9 Å². The predicted octanol–water partition coefficient (Wildman–Crippen LogP) is 3.08. The summed E-state index contributed by atoms with van der Waals surface area (Å²) in [6, 6.07) is 11.7. The van der Waals surface area contributed by atoms with Gasteiger partial charge in [0.2, 0.25) is 5.91 Å². The van der Waals surface area contributed by atoms with Crippen LogP contribution in [0, 0.1) is 5.82 Å². The molecule has 4 rings (SSSR count). The van der Waals surface area contributed by atoms with Crippen molar-refractivity contribution in [2.75, 3.05) is 11.1 Å². The van der Waals surface area contributed by atoms with Crippen LogP contribution < -0.4 is 16.6 Å². The van der Waals surface area contributed by atoms with E-state index in [1.54, 1.807) is 24.3 Å². The molecule has 35 heavy (non-hydrogen) atoms. The fourth-order valence-electron chi connectivity index (χ4n) is 4.61. The summed E-state index contributed by atoms with van der Waals surface area (Å²) in [5.41, 5.74) is -0.522. The Balaban J connectivity index is 1.57. The fourth-order valence-corrected chi connectivity index (χ4v) is 6.53. The van der Waals surface area contributed by atoms with Crippen molar-refractivity contribution >= 4 is 32.3 Å². The minimum Gasteiger partial charge on any atom is -0.325 e. The molecular formula is C25H28FN3O5S. The van der Waals surface area contributed by atoms with Gasteiger partial charge in [-0.25, -0.2) is 17.6 Å². The first-order valence-electron chi connectivity index (χ1n) is 11.8. The highest BCUT2D eigenvalue weighted by Gasteiger charge is 2.27. The van der Waals surface area contributed by atoms with Gasteiger partial charge in [0.25, 0.3) is 5.56 Å². The molecular weight excluding hydrogens is 473 g/mol. The minimum absolute atomic E-state index is 0.0615. The Morgan fingerprint density at radius 2 is 1.66 bits per heavy atom. The van der Waals surface area contributed by atoms with E-state index in [0.29, 0.717) is 24.0 Å². The monoisotopic (exact) mass is 501 g/mol. The van der Waals surface area contributed by atoms with Gasteiger partial charge < -0.3 is 5.32 Å². The number of hydrogen-bond acceptors (Lipinski definition) is 5. The highest BCUT2D eigenvalue weighted by molar-refractivity contribution is 7.92. The molecule has 186 valence electrons. The molecule has 1 N–H and O–H groups in total. The fraction of sp³-hybridized carbons (Fsp3) is 0.400. The number of rotatable bonds is 8.